The second-order valence-corrected chi connectivity index (χ2v) is 4.36. The molecule has 1 aromatic rings. The fourth-order valence-electron chi connectivity index (χ4n) is 2.32. The molecule has 0 heterocycles. The topological polar surface area (TPSA) is 46.5 Å². The van der Waals surface area contributed by atoms with Crippen molar-refractivity contribution in [3.63, 3.8) is 0 Å². The van der Waals surface area contributed by atoms with E-state index < -0.39 is 11.9 Å². The van der Waals surface area contributed by atoms with Crippen LogP contribution >= 0.6 is 0 Å². The molecular formula is C14H20O3. The molecule has 0 aromatic heterocycles. The van der Waals surface area contributed by atoms with Crippen LogP contribution in [0.15, 0.2) is 6.07 Å². The van der Waals surface area contributed by atoms with Crippen molar-refractivity contribution in [2.75, 3.05) is 7.11 Å². The van der Waals surface area contributed by atoms with Crippen molar-refractivity contribution < 1.29 is 14.6 Å². The van der Waals surface area contributed by atoms with Crippen LogP contribution in [0, 0.1) is 20.8 Å². The van der Waals surface area contributed by atoms with Gasteiger partial charge in [0.2, 0.25) is 0 Å². The molecular weight excluding hydrogens is 216 g/mol. The van der Waals surface area contributed by atoms with Gasteiger partial charge in [0.1, 0.15) is 5.75 Å². The number of methoxy groups -OCH3 is 1. The number of ether oxygens (including phenoxy) is 1. The summed E-state index contributed by atoms with van der Waals surface area (Å²) < 4.78 is 5.29. The zero-order chi connectivity index (χ0) is 13.2. The number of benzene rings is 1. The Morgan fingerprint density at radius 1 is 1.35 bits per heavy atom. The van der Waals surface area contributed by atoms with E-state index in [-0.39, 0.29) is 0 Å². The van der Waals surface area contributed by atoms with Crippen molar-refractivity contribution >= 4 is 5.97 Å². The molecule has 0 aliphatic heterocycles. The number of aryl methyl sites for hydroxylation is 1. The minimum atomic E-state index is -0.761. The molecule has 1 rings (SSSR count). The summed E-state index contributed by atoms with van der Waals surface area (Å²) in [6.45, 7) is 7.77. The molecule has 3 nitrogen and oxygen atoms in total. The lowest BCUT2D eigenvalue weighted by molar-refractivity contribution is -0.138. The quantitative estimate of drug-likeness (QED) is 0.873. The lowest BCUT2D eigenvalue weighted by atomic mass is 9.86. The summed E-state index contributed by atoms with van der Waals surface area (Å²) in [4.78, 5) is 11.3. The van der Waals surface area contributed by atoms with Gasteiger partial charge in [-0.2, -0.15) is 0 Å². The standard InChI is InChI=1S/C14H20O3/c1-6-11(14(15)16)13-8(2)7-12(17-5)9(3)10(13)4/h7,11H,6H2,1-5H3,(H,15,16). The van der Waals surface area contributed by atoms with Gasteiger partial charge in [0.25, 0.3) is 0 Å². The average molecular weight is 236 g/mol. The van der Waals surface area contributed by atoms with Crippen molar-refractivity contribution in [1.29, 1.82) is 0 Å². The maximum absolute atomic E-state index is 11.3. The van der Waals surface area contributed by atoms with Crippen LogP contribution in [0.4, 0.5) is 0 Å². The molecule has 0 aliphatic carbocycles. The highest BCUT2D eigenvalue weighted by atomic mass is 16.5. The molecule has 0 saturated carbocycles. The lowest BCUT2D eigenvalue weighted by Gasteiger charge is -2.20. The van der Waals surface area contributed by atoms with E-state index in [9.17, 15) is 9.90 Å². The van der Waals surface area contributed by atoms with Gasteiger partial charge in [-0.25, -0.2) is 0 Å². The van der Waals surface area contributed by atoms with Gasteiger partial charge >= 0.3 is 5.97 Å². The largest absolute Gasteiger partial charge is 0.496 e. The van der Waals surface area contributed by atoms with Crippen LogP contribution in [-0.4, -0.2) is 18.2 Å². The summed E-state index contributed by atoms with van der Waals surface area (Å²) in [5.74, 6) is -0.369. The molecule has 0 bridgehead atoms. The van der Waals surface area contributed by atoms with Crippen LogP contribution in [0.1, 0.15) is 41.5 Å². The fourth-order valence-corrected chi connectivity index (χ4v) is 2.32. The van der Waals surface area contributed by atoms with E-state index >= 15 is 0 Å². The van der Waals surface area contributed by atoms with Crippen LogP contribution in [0.2, 0.25) is 0 Å². The second kappa shape index (κ2) is 5.21. The van der Waals surface area contributed by atoms with Gasteiger partial charge in [0.15, 0.2) is 0 Å². The number of carboxylic acid groups (broad SMARTS) is 1. The highest BCUT2D eigenvalue weighted by Crippen LogP contribution is 2.33. The van der Waals surface area contributed by atoms with Gasteiger partial charge in [0.05, 0.1) is 13.0 Å². The van der Waals surface area contributed by atoms with Crippen LogP contribution in [-0.2, 0) is 4.79 Å². The Kier molecular flexibility index (Phi) is 4.16. The Labute approximate surface area is 102 Å². The monoisotopic (exact) mass is 236 g/mol. The number of carboxylic acids is 1. The van der Waals surface area contributed by atoms with E-state index in [1.54, 1.807) is 7.11 Å². The van der Waals surface area contributed by atoms with E-state index in [2.05, 4.69) is 0 Å². The molecule has 1 atom stereocenters. The van der Waals surface area contributed by atoms with Crippen LogP contribution in [0.25, 0.3) is 0 Å². The van der Waals surface area contributed by atoms with Gasteiger partial charge in [-0.3, -0.25) is 4.79 Å². The minimum absolute atomic E-state index is 0.431. The zero-order valence-corrected chi connectivity index (χ0v) is 11.1. The van der Waals surface area contributed by atoms with E-state index in [0.29, 0.717) is 6.42 Å². The molecule has 17 heavy (non-hydrogen) atoms. The minimum Gasteiger partial charge on any atom is -0.496 e. The Hall–Kier alpha value is -1.51. The van der Waals surface area contributed by atoms with Gasteiger partial charge in [0, 0.05) is 0 Å². The second-order valence-electron chi connectivity index (χ2n) is 4.36. The number of hydrogen-bond donors (Lipinski definition) is 1. The number of carbonyl (C=O) groups is 1. The molecule has 1 unspecified atom stereocenters. The summed E-state index contributed by atoms with van der Waals surface area (Å²) in [7, 11) is 1.63. The molecule has 3 heteroatoms. The summed E-state index contributed by atoms with van der Waals surface area (Å²) in [6, 6.07) is 1.92. The highest BCUT2D eigenvalue weighted by Gasteiger charge is 2.23. The maximum Gasteiger partial charge on any atom is 0.310 e. The van der Waals surface area contributed by atoms with Crippen LogP contribution in [0.3, 0.4) is 0 Å². The normalized spacial score (nSPS) is 12.3. The zero-order valence-electron chi connectivity index (χ0n) is 11.1. The maximum atomic E-state index is 11.3. The van der Waals surface area contributed by atoms with Gasteiger partial charge in [-0.1, -0.05) is 6.92 Å². The van der Waals surface area contributed by atoms with E-state index in [1.807, 2.05) is 33.8 Å². The number of hydrogen-bond acceptors (Lipinski definition) is 2. The first kappa shape index (κ1) is 13.6. The van der Waals surface area contributed by atoms with E-state index in [4.69, 9.17) is 4.74 Å². The molecule has 1 N–H and O–H groups in total. The summed E-state index contributed by atoms with van der Waals surface area (Å²) in [6.07, 6.45) is 0.600. The first-order valence-electron chi connectivity index (χ1n) is 5.81. The lowest BCUT2D eigenvalue weighted by Crippen LogP contribution is -2.14. The smallest absolute Gasteiger partial charge is 0.310 e. The molecule has 0 amide bonds. The van der Waals surface area contributed by atoms with Crippen molar-refractivity contribution in [3.05, 3.63) is 28.3 Å². The predicted molar refractivity (Wildman–Crippen MR) is 67.9 cm³/mol. The summed E-state index contributed by atoms with van der Waals surface area (Å²) >= 11 is 0. The predicted octanol–water partition coefficient (Wildman–Crippen LogP) is 3.20. The molecule has 94 valence electrons. The third kappa shape index (κ3) is 2.43. The van der Waals surface area contributed by atoms with Gasteiger partial charge < -0.3 is 9.84 Å². The van der Waals surface area contributed by atoms with Gasteiger partial charge in [-0.15, -0.1) is 0 Å². The van der Waals surface area contributed by atoms with Crippen molar-refractivity contribution in [1.82, 2.24) is 0 Å². The number of aliphatic carboxylic acids is 1. The van der Waals surface area contributed by atoms with E-state index in [0.717, 1.165) is 28.0 Å². The third-order valence-electron chi connectivity index (χ3n) is 3.38. The molecule has 1 aromatic carbocycles. The SMILES string of the molecule is CCC(C(=O)O)c1c(C)cc(OC)c(C)c1C. The first-order valence-corrected chi connectivity index (χ1v) is 5.81. The first-order chi connectivity index (χ1) is 7.93. The number of rotatable bonds is 4. The molecule has 0 fully saturated rings. The van der Waals surface area contributed by atoms with Crippen molar-refractivity contribution in [3.8, 4) is 5.75 Å². The Morgan fingerprint density at radius 2 is 1.94 bits per heavy atom. The Balaban J connectivity index is 3.44. The molecule has 0 saturated heterocycles. The van der Waals surface area contributed by atoms with Gasteiger partial charge in [-0.05, 0) is 55.5 Å². The molecule has 0 spiro atoms. The van der Waals surface area contributed by atoms with E-state index in [1.165, 1.54) is 0 Å². The molecule has 0 aliphatic rings. The Morgan fingerprint density at radius 3 is 2.35 bits per heavy atom. The fraction of sp³-hybridized carbons (Fsp3) is 0.500. The highest BCUT2D eigenvalue weighted by molar-refractivity contribution is 5.77. The Bertz CT molecular complexity index is 436. The van der Waals surface area contributed by atoms with Crippen molar-refractivity contribution in [2.45, 2.75) is 40.0 Å². The average Bonchev–Trinajstić information content (AvgIpc) is 2.28. The third-order valence-corrected chi connectivity index (χ3v) is 3.38. The summed E-state index contributed by atoms with van der Waals surface area (Å²) in [5, 5.41) is 9.26. The van der Waals surface area contributed by atoms with Crippen molar-refractivity contribution in [2.24, 2.45) is 0 Å². The van der Waals surface area contributed by atoms with Crippen LogP contribution < -0.4 is 4.74 Å². The van der Waals surface area contributed by atoms with Crippen LogP contribution in [0.5, 0.6) is 5.75 Å². The molecule has 0 radical (unpaired) electrons. The summed E-state index contributed by atoms with van der Waals surface area (Å²) in [5.41, 5.74) is 3.96.